The van der Waals surface area contributed by atoms with Crippen LogP contribution in [0.3, 0.4) is 0 Å². The monoisotopic (exact) mass is 485 g/mol. The minimum absolute atomic E-state index is 0.0196. The maximum Gasteiger partial charge on any atom is 0.327 e. The zero-order valence-electron chi connectivity index (χ0n) is 18.0. The van der Waals surface area contributed by atoms with Gasteiger partial charge >= 0.3 is 10.8 Å². The molecule has 2 saturated carbocycles. The summed E-state index contributed by atoms with van der Waals surface area (Å²) in [7, 11) is 0. The fourth-order valence-corrected chi connectivity index (χ4v) is 9.83. The quantitative estimate of drug-likeness (QED) is 0.638. The molecule has 3 fully saturated rings. The van der Waals surface area contributed by atoms with Crippen molar-refractivity contribution in [2.75, 3.05) is 0 Å². The Labute approximate surface area is 197 Å². The number of fused-ring (bicyclic) bond motifs is 9. The van der Waals surface area contributed by atoms with E-state index in [1.807, 2.05) is 18.3 Å². The number of pyridine rings is 1. The van der Waals surface area contributed by atoms with Crippen molar-refractivity contribution < 1.29 is 19.5 Å². The number of carbonyl (C=O) groups is 3. The number of carboxylic acid groups (broad SMARTS) is 1. The van der Waals surface area contributed by atoms with E-state index in [2.05, 4.69) is 9.97 Å². The summed E-state index contributed by atoms with van der Waals surface area (Å²) in [4.78, 5) is 60.5. The van der Waals surface area contributed by atoms with Gasteiger partial charge in [0.25, 0.3) is 0 Å². The Balaban J connectivity index is 1.44. The van der Waals surface area contributed by atoms with E-state index in [4.69, 9.17) is 0 Å². The molecule has 2 bridgehead atoms. The number of rotatable bonds is 4. The third kappa shape index (κ3) is 2.79. The molecule has 0 aromatic carbocycles. The van der Waals surface area contributed by atoms with Crippen LogP contribution in [0, 0.1) is 35.5 Å². The number of H-pyrrole nitrogens is 1. The van der Waals surface area contributed by atoms with Crippen LogP contribution in [0.5, 0.6) is 0 Å². The number of aromatic amines is 1. The molecule has 6 rings (SSSR count). The number of thiazole rings is 1. The molecular formula is C23H23N3O5S2. The molecule has 0 unspecified atom stereocenters. The van der Waals surface area contributed by atoms with Gasteiger partial charge in [-0.1, -0.05) is 31.3 Å². The minimum atomic E-state index is -1.14. The van der Waals surface area contributed by atoms with Crippen LogP contribution in [-0.4, -0.2) is 49.0 Å². The van der Waals surface area contributed by atoms with Crippen molar-refractivity contribution in [3.8, 4) is 0 Å². The van der Waals surface area contributed by atoms with Gasteiger partial charge in [-0.05, 0) is 41.7 Å². The number of carbonyl (C=O) groups excluding carboxylic acids is 2. The highest BCUT2D eigenvalue weighted by atomic mass is 32.2. The van der Waals surface area contributed by atoms with Crippen molar-refractivity contribution >= 4 is 40.9 Å². The number of amides is 2. The lowest BCUT2D eigenvalue weighted by Gasteiger charge is -2.42. The molecular weight excluding hydrogens is 462 g/mol. The Bertz CT molecular complexity index is 1220. The maximum atomic E-state index is 13.6. The van der Waals surface area contributed by atoms with Crippen LogP contribution in [0.25, 0.3) is 0 Å². The predicted octanol–water partition coefficient (Wildman–Crippen LogP) is 2.41. The summed E-state index contributed by atoms with van der Waals surface area (Å²) >= 11 is 2.83. The lowest BCUT2D eigenvalue weighted by molar-refractivity contribution is -0.157. The zero-order valence-corrected chi connectivity index (χ0v) is 19.6. The van der Waals surface area contributed by atoms with E-state index in [0.29, 0.717) is 0 Å². The normalized spacial score (nSPS) is 35.0. The summed E-state index contributed by atoms with van der Waals surface area (Å²) in [6, 6.07) is 2.75. The Kier molecular flexibility index (Phi) is 4.65. The van der Waals surface area contributed by atoms with Gasteiger partial charge in [-0.3, -0.25) is 24.3 Å². The minimum Gasteiger partial charge on any atom is -0.480 e. The Morgan fingerprint density at radius 1 is 1.21 bits per heavy atom. The predicted molar refractivity (Wildman–Crippen MR) is 121 cm³/mol. The molecule has 0 radical (unpaired) electrons. The lowest BCUT2D eigenvalue weighted by Crippen LogP contribution is -2.49. The van der Waals surface area contributed by atoms with Crippen LogP contribution in [0.15, 0.2) is 34.3 Å². The van der Waals surface area contributed by atoms with E-state index in [1.165, 1.54) is 11.3 Å². The molecule has 8 atom stereocenters. The highest BCUT2D eigenvalue weighted by Crippen LogP contribution is 2.68. The molecule has 4 aliphatic rings. The fraction of sp³-hybridized carbons (Fsp3) is 0.522. The Hall–Kier alpha value is -2.46. The van der Waals surface area contributed by atoms with Crippen molar-refractivity contribution in [2.45, 2.75) is 42.5 Å². The van der Waals surface area contributed by atoms with Crippen LogP contribution in [0.1, 0.15) is 36.6 Å². The van der Waals surface area contributed by atoms with Crippen LogP contribution < -0.4 is 4.87 Å². The average molecular weight is 486 g/mol. The standard InChI is InChI=1S/C23H23N3O5S2/c1-8(2)16(22(29)30)26-20(27)14-10-6-11(15(14)21(26)28)17-13(10)12(9-4-3-5-24-7-9)18-19(32-17)25-23(31)33-18/h3-5,7-8,10-17H,6H2,1-2H3,(H,25,31)(H,29,30)/t10-,11+,12+,13+,14-,15+,16-,17-/m1/s1. The van der Waals surface area contributed by atoms with E-state index in [1.54, 1.807) is 31.8 Å². The third-order valence-corrected chi connectivity index (χ3v) is 10.6. The van der Waals surface area contributed by atoms with Crippen molar-refractivity contribution in [1.82, 2.24) is 14.9 Å². The molecule has 2 amide bonds. The van der Waals surface area contributed by atoms with Gasteiger partial charge < -0.3 is 10.1 Å². The second-order valence-electron chi connectivity index (χ2n) is 9.82. The number of aliphatic carboxylic acids is 1. The largest absolute Gasteiger partial charge is 0.480 e. The summed E-state index contributed by atoms with van der Waals surface area (Å²) in [6.45, 7) is 3.45. The number of nitrogens with one attached hydrogen (secondary N) is 1. The van der Waals surface area contributed by atoms with Gasteiger partial charge in [0.05, 0.1) is 16.9 Å². The van der Waals surface area contributed by atoms with Crippen molar-refractivity contribution in [3.05, 3.63) is 44.6 Å². The lowest BCUT2D eigenvalue weighted by atomic mass is 9.68. The zero-order chi connectivity index (χ0) is 23.2. The number of carboxylic acids is 1. The van der Waals surface area contributed by atoms with Gasteiger partial charge in [0, 0.05) is 28.4 Å². The van der Waals surface area contributed by atoms with Gasteiger partial charge in [-0.25, -0.2) is 4.79 Å². The van der Waals surface area contributed by atoms with Gasteiger partial charge in [0.1, 0.15) is 6.04 Å². The first kappa shape index (κ1) is 21.1. The Morgan fingerprint density at radius 3 is 2.58 bits per heavy atom. The highest BCUT2D eigenvalue weighted by molar-refractivity contribution is 8.00. The molecule has 2 N–H and O–H groups in total. The number of hydrogen-bond donors (Lipinski definition) is 2. The number of thioether (sulfide) groups is 1. The Morgan fingerprint density at radius 2 is 1.94 bits per heavy atom. The van der Waals surface area contributed by atoms with Crippen molar-refractivity contribution in [1.29, 1.82) is 0 Å². The van der Waals surface area contributed by atoms with E-state index in [9.17, 15) is 24.3 Å². The molecule has 4 heterocycles. The fourth-order valence-electron chi connectivity index (χ4n) is 6.94. The van der Waals surface area contributed by atoms with Gasteiger partial charge in [0.15, 0.2) is 0 Å². The van der Waals surface area contributed by atoms with Gasteiger partial charge in [0.2, 0.25) is 11.8 Å². The van der Waals surface area contributed by atoms with Crippen molar-refractivity contribution in [3.63, 3.8) is 0 Å². The topological polar surface area (TPSA) is 120 Å². The maximum absolute atomic E-state index is 13.6. The van der Waals surface area contributed by atoms with Gasteiger partial charge in [-0.2, -0.15) is 0 Å². The van der Waals surface area contributed by atoms with Crippen molar-refractivity contribution in [2.24, 2.45) is 35.5 Å². The number of likely N-dealkylation sites (tertiary alicyclic amines) is 1. The van der Waals surface area contributed by atoms with E-state index in [0.717, 1.165) is 26.8 Å². The van der Waals surface area contributed by atoms with E-state index in [-0.39, 0.29) is 51.5 Å². The molecule has 8 nitrogen and oxygen atoms in total. The molecule has 172 valence electrons. The number of aromatic nitrogens is 2. The summed E-state index contributed by atoms with van der Waals surface area (Å²) in [5.74, 6) is -3.17. The first-order valence-electron chi connectivity index (χ1n) is 11.2. The second-order valence-corrected chi connectivity index (χ2v) is 12.0. The first-order valence-corrected chi connectivity index (χ1v) is 12.9. The summed E-state index contributed by atoms with van der Waals surface area (Å²) in [5.41, 5.74) is 1.01. The first-order chi connectivity index (χ1) is 15.8. The van der Waals surface area contributed by atoms with Crippen LogP contribution in [0.2, 0.25) is 0 Å². The summed E-state index contributed by atoms with van der Waals surface area (Å²) in [5, 5.41) is 10.7. The van der Waals surface area contributed by atoms with Crippen LogP contribution in [0.4, 0.5) is 0 Å². The molecule has 2 aliphatic carbocycles. The number of nitrogens with zero attached hydrogens (tertiary/aromatic N) is 2. The second kappa shape index (κ2) is 7.27. The smallest absolute Gasteiger partial charge is 0.327 e. The van der Waals surface area contributed by atoms with Gasteiger partial charge in [-0.15, -0.1) is 11.8 Å². The molecule has 0 spiro atoms. The van der Waals surface area contributed by atoms with E-state index < -0.39 is 23.8 Å². The molecule has 1 saturated heterocycles. The number of imide groups is 1. The van der Waals surface area contributed by atoms with Crippen LogP contribution >= 0.6 is 23.1 Å². The molecule has 2 aromatic heterocycles. The number of hydrogen-bond acceptors (Lipinski definition) is 7. The SMILES string of the molecule is CC(C)[C@H](C(=O)O)N1C(=O)[C@@H]2[C@@H]3C[C@H]([C@H]4Sc5[nH]c(=O)sc5[C@@H](c5cccnc5)[C@H]34)[C@@H]2C1=O. The highest BCUT2D eigenvalue weighted by Gasteiger charge is 2.70. The summed E-state index contributed by atoms with van der Waals surface area (Å²) in [6.07, 6.45) is 4.31. The molecule has 10 heteroatoms. The summed E-state index contributed by atoms with van der Waals surface area (Å²) < 4.78 is 0. The molecule has 2 aromatic rings. The molecule has 33 heavy (non-hydrogen) atoms. The average Bonchev–Trinajstić information content (AvgIpc) is 3.49. The molecule has 2 aliphatic heterocycles. The van der Waals surface area contributed by atoms with E-state index >= 15 is 0 Å². The van der Waals surface area contributed by atoms with Crippen LogP contribution in [-0.2, 0) is 14.4 Å². The third-order valence-electron chi connectivity index (χ3n) is 7.96.